The molecule has 2 rings (SSSR count). The largest absolute Gasteiger partial charge is 0.340 e. The number of rotatable bonds is 2. The summed E-state index contributed by atoms with van der Waals surface area (Å²) in [5, 5.41) is 0. The van der Waals surface area contributed by atoms with Crippen LogP contribution in [0.4, 0.5) is 4.79 Å². The lowest BCUT2D eigenvalue weighted by molar-refractivity contribution is -0.129. The summed E-state index contributed by atoms with van der Waals surface area (Å²) in [6.07, 6.45) is 1.81. The quantitative estimate of drug-likeness (QED) is 0.787. The highest BCUT2D eigenvalue weighted by Crippen LogP contribution is 2.12. The van der Waals surface area contributed by atoms with Crippen molar-refractivity contribution in [2.45, 2.75) is 66.5 Å². The van der Waals surface area contributed by atoms with Gasteiger partial charge < -0.3 is 14.7 Å². The fraction of sp³-hybridized carbons (Fsp3) is 0.875. The Morgan fingerprint density at radius 3 is 1.57 bits per heavy atom. The number of likely N-dealkylation sites (N-methyl/N-ethyl adjacent to an activating group) is 1. The lowest BCUT2D eigenvalue weighted by atomic mass is 10.3. The van der Waals surface area contributed by atoms with E-state index in [1.165, 1.54) is 0 Å². The fourth-order valence-electron chi connectivity index (χ4n) is 2.36. The molecule has 2 aliphatic rings. The summed E-state index contributed by atoms with van der Waals surface area (Å²) in [5.74, 6) is 0.324. The second-order valence-corrected chi connectivity index (χ2v) is 5.78. The third kappa shape index (κ3) is 5.94. The molecule has 0 aliphatic carbocycles. The third-order valence-electron chi connectivity index (χ3n) is 3.61. The van der Waals surface area contributed by atoms with E-state index in [2.05, 4.69) is 13.8 Å². The second-order valence-electron chi connectivity index (χ2n) is 5.78. The van der Waals surface area contributed by atoms with Gasteiger partial charge in [-0.15, -0.1) is 0 Å². The summed E-state index contributed by atoms with van der Waals surface area (Å²) in [6.45, 7) is 14.9. The zero-order valence-electron chi connectivity index (χ0n) is 14.8. The maximum Gasteiger partial charge on any atom is 0.320 e. The molecule has 2 aliphatic heterocycles. The number of likely N-dealkylation sites (tertiary alicyclic amines) is 1. The van der Waals surface area contributed by atoms with Crippen molar-refractivity contribution < 1.29 is 9.59 Å². The Labute approximate surface area is 130 Å². The molecule has 5 nitrogen and oxygen atoms in total. The normalized spacial score (nSPS) is 18.0. The van der Waals surface area contributed by atoms with Crippen molar-refractivity contribution in [3.05, 3.63) is 0 Å². The highest BCUT2D eigenvalue weighted by molar-refractivity contribution is 5.78. The molecule has 0 spiro atoms. The van der Waals surface area contributed by atoms with Crippen LogP contribution in [0.5, 0.6) is 0 Å². The lowest BCUT2D eigenvalue weighted by Crippen LogP contribution is -2.34. The van der Waals surface area contributed by atoms with Crippen molar-refractivity contribution in [2.75, 3.05) is 26.7 Å². The molecule has 0 N–H and O–H groups in total. The smallest absolute Gasteiger partial charge is 0.320 e. The first kappa shape index (κ1) is 19.7. The minimum Gasteiger partial charge on any atom is -0.340 e. The Kier molecular flexibility index (Phi) is 9.06. The van der Waals surface area contributed by atoms with Crippen LogP contribution in [0.2, 0.25) is 0 Å². The molecule has 0 aromatic rings. The Morgan fingerprint density at radius 2 is 1.38 bits per heavy atom. The van der Waals surface area contributed by atoms with Crippen LogP contribution in [0, 0.1) is 0 Å². The first-order valence-corrected chi connectivity index (χ1v) is 8.15. The van der Waals surface area contributed by atoms with Crippen molar-refractivity contribution in [3.63, 3.8) is 0 Å². The van der Waals surface area contributed by atoms with Gasteiger partial charge in [-0.1, -0.05) is 13.8 Å². The van der Waals surface area contributed by atoms with E-state index < -0.39 is 0 Å². The van der Waals surface area contributed by atoms with Crippen LogP contribution in [0.3, 0.4) is 0 Å². The van der Waals surface area contributed by atoms with Crippen molar-refractivity contribution in [1.29, 1.82) is 0 Å². The summed E-state index contributed by atoms with van der Waals surface area (Å²) in [5.41, 5.74) is 0. The summed E-state index contributed by atoms with van der Waals surface area (Å²) in [7, 11) is 1.84. The molecule has 0 unspecified atom stereocenters. The van der Waals surface area contributed by atoms with E-state index in [1.807, 2.05) is 44.5 Å². The van der Waals surface area contributed by atoms with E-state index >= 15 is 0 Å². The maximum absolute atomic E-state index is 11.2. The fourth-order valence-corrected chi connectivity index (χ4v) is 2.36. The van der Waals surface area contributed by atoms with Gasteiger partial charge in [0.1, 0.15) is 0 Å². The van der Waals surface area contributed by atoms with Crippen molar-refractivity contribution in [3.8, 4) is 0 Å². The molecule has 0 atom stereocenters. The van der Waals surface area contributed by atoms with Crippen molar-refractivity contribution in [1.82, 2.24) is 14.7 Å². The number of nitrogens with zero attached hydrogens (tertiary/aromatic N) is 3. The van der Waals surface area contributed by atoms with E-state index in [-0.39, 0.29) is 6.03 Å². The van der Waals surface area contributed by atoms with Gasteiger partial charge in [-0.25, -0.2) is 4.79 Å². The molecule has 0 radical (unpaired) electrons. The van der Waals surface area contributed by atoms with E-state index in [0.717, 1.165) is 32.5 Å². The SMILES string of the molecule is CC.CC(C)N1CCCC1=O.CC(C)N1CCN(C)C1=O. The number of carbonyl (C=O) groups excluding carboxylic acids is 2. The van der Waals surface area contributed by atoms with Crippen LogP contribution >= 0.6 is 0 Å². The molecule has 124 valence electrons. The predicted molar refractivity (Wildman–Crippen MR) is 87.3 cm³/mol. The predicted octanol–water partition coefficient (Wildman–Crippen LogP) is 2.81. The van der Waals surface area contributed by atoms with Crippen LogP contribution in [0.15, 0.2) is 0 Å². The molecule has 0 bridgehead atoms. The molecular weight excluding hydrogens is 266 g/mol. The van der Waals surface area contributed by atoms with Gasteiger partial charge in [-0.2, -0.15) is 0 Å². The Balaban J connectivity index is 0.000000342. The number of amides is 3. The molecule has 2 heterocycles. The summed E-state index contributed by atoms with van der Waals surface area (Å²) < 4.78 is 0. The molecule has 21 heavy (non-hydrogen) atoms. The molecule has 2 saturated heterocycles. The molecule has 5 heteroatoms. The number of carbonyl (C=O) groups is 2. The second kappa shape index (κ2) is 9.64. The Hall–Kier alpha value is -1.26. The van der Waals surface area contributed by atoms with Gasteiger partial charge >= 0.3 is 6.03 Å². The maximum atomic E-state index is 11.2. The van der Waals surface area contributed by atoms with Crippen LogP contribution in [-0.2, 0) is 4.79 Å². The number of urea groups is 1. The van der Waals surface area contributed by atoms with Gasteiger partial charge in [0.05, 0.1) is 0 Å². The first-order valence-electron chi connectivity index (χ1n) is 8.15. The van der Waals surface area contributed by atoms with Gasteiger partial charge in [0.15, 0.2) is 0 Å². The summed E-state index contributed by atoms with van der Waals surface area (Å²) in [6, 6.07) is 0.910. The van der Waals surface area contributed by atoms with Gasteiger partial charge in [-0.3, -0.25) is 4.79 Å². The molecule has 3 amide bonds. The van der Waals surface area contributed by atoms with Gasteiger partial charge in [-0.05, 0) is 34.1 Å². The summed E-state index contributed by atoms with van der Waals surface area (Å²) in [4.78, 5) is 27.7. The van der Waals surface area contributed by atoms with Crippen LogP contribution in [-0.4, -0.2) is 65.4 Å². The average Bonchev–Trinajstić information content (AvgIpc) is 3.00. The monoisotopic (exact) mass is 299 g/mol. The summed E-state index contributed by atoms with van der Waals surface area (Å²) >= 11 is 0. The van der Waals surface area contributed by atoms with Crippen LogP contribution < -0.4 is 0 Å². The third-order valence-corrected chi connectivity index (χ3v) is 3.61. The topological polar surface area (TPSA) is 43.9 Å². The van der Waals surface area contributed by atoms with Crippen molar-refractivity contribution in [2.24, 2.45) is 0 Å². The number of hydrogen-bond donors (Lipinski definition) is 0. The van der Waals surface area contributed by atoms with Crippen LogP contribution in [0.25, 0.3) is 0 Å². The first-order chi connectivity index (χ1) is 9.84. The lowest BCUT2D eigenvalue weighted by Gasteiger charge is -2.19. The standard InChI is InChI=1S/C7H14N2O.C7H13NO.C2H6/c1-6(2)9-5-4-8(3)7(9)10;1-6(2)8-5-3-4-7(8)9;1-2/h6H,4-5H2,1-3H3;6H,3-5H2,1-2H3;1-2H3. The van der Waals surface area contributed by atoms with Crippen molar-refractivity contribution >= 4 is 11.9 Å². The molecule has 2 fully saturated rings. The van der Waals surface area contributed by atoms with E-state index in [9.17, 15) is 9.59 Å². The zero-order chi connectivity index (χ0) is 16.6. The van der Waals surface area contributed by atoms with E-state index in [4.69, 9.17) is 0 Å². The molecule has 0 aromatic carbocycles. The Morgan fingerprint density at radius 1 is 0.857 bits per heavy atom. The minimum absolute atomic E-state index is 0.162. The van der Waals surface area contributed by atoms with E-state index in [1.54, 1.807) is 4.90 Å². The highest BCUT2D eigenvalue weighted by Gasteiger charge is 2.26. The molecule has 0 saturated carbocycles. The Bertz CT molecular complexity index is 329. The van der Waals surface area contributed by atoms with Gasteiger partial charge in [0.25, 0.3) is 0 Å². The molecular formula is C16H33N3O2. The molecule has 0 aromatic heterocycles. The van der Waals surface area contributed by atoms with E-state index in [0.29, 0.717) is 18.0 Å². The highest BCUT2D eigenvalue weighted by atomic mass is 16.2. The van der Waals surface area contributed by atoms with Crippen LogP contribution in [0.1, 0.15) is 54.4 Å². The minimum atomic E-state index is 0.162. The zero-order valence-corrected chi connectivity index (χ0v) is 14.8. The van der Waals surface area contributed by atoms with Gasteiger partial charge in [0.2, 0.25) is 5.91 Å². The average molecular weight is 299 g/mol. The number of hydrogen-bond acceptors (Lipinski definition) is 2. The van der Waals surface area contributed by atoms with Gasteiger partial charge in [0, 0.05) is 45.2 Å².